The van der Waals surface area contributed by atoms with Gasteiger partial charge in [-0.1, -0.05) is 6.92 Å². The van der Waals surface area contributed by atoms with Crippen molar-refractivity contribution in [3.63, 3.8) is 0 Å². The highest BCUT2D eigenvalue weighted by Gasteiger charge is 2.40. The van der Waals surface area contributed by atoms with Crippen molar-refractivity contribution in [2.24, 2.45) is 11.8 Å². The summed E-state index contributed by atoms with van der Waals surface area (Å²) in [6, 6.07) is -0.814. The van der Waals surface area contributed by atoms with E-state index in [1.165, 1.54) is 7.11 Å². The fraction of sp³-hybridized carbons (Fsp3) is 0.778. The number of ether oxygens (including phenoxy) is 1. The van der Waals surface area contributed by atoms with E-state index in [2.05, 4.69) is 10.1 Å². The molecule has 80 valence electrons. The monoisotopic (exact) mass is 201 g/mol. The lowest BCUT2D eigenvalue weighted by Crippen LogP contribution is -2.53. The first-order chi connectivity index (χ1) is 6.57. The van der Waals surface area contributed by atoms with Gasteiger partial charge in [-0.2, -0.15) is 0 Å². The maximum atomic E-state index is 11.4. The van der Waals surface area contributed by atoms with Crippen molar-refractivity contribution in [1.82, 2.24) is 5.32 Å². The van der Waals surface area contributed by atoms with Crippen LogP contribution >= 0.6 is 0 Å². The number of carbonyl (C=O) groups is 2. The molecule has 1 heterocycles. The molecule has 0 amide bonds. The van der Waals surface area contributed by atoms with Crippen molar-refractivity contribution < 1.29 is 19.4 Å². The number of carboxylic acids is 1. The minimum atomic E-state index is -0.994. The smallest absolute Gasteiger partial charge is 0.321 e. The van der Waals surface area contributed by atoms with Crippen LogP contribution in [0.1, 0.15) is 13.3 Å². The molecule has 0 saturated carbocycles. The normalized spacial score (nSPS) is 32.3. The first-order valence-corrected chi connectivity index (χ1v) is 4.62. The van der Waals surface area contributed by atoms with Crippen LogP contribution in [-0.2, 0) is 14.3 Å². The van der Waals surface area contributed by atoms with E-state index in [1.54, 1.807) is 0 Å². The van der Waals surface area contributed by atoms with E-state index in [0.717, 1.165) is 6.42 Å². The van der Waals surface area contributed by atoms with Crippen molar-refractivity contribution in [3.8, 4) is 0 Å². The van der Waals surface area contributed by atoms with Gasteiger partial charge in [0.25, 0.3) is 0 Å². The summed E-state index contributed by atoms with van der Waals surface area (Å²) < 4.78 is 4.60. The molecule has 0 spiro atoms. The van der Waals surface area contributed by atoms with Crippen molar-refractivity contribution >= 4 is 11.9 Å². The summed E-state index contributed by atoms with van der Waals surface area (Å²) in [5, 5.41) is 11.7. The van der Waals surface area contributed by atoms with E-state index in [-0.39, 0.29) is 5.92 Å². The summed E-state index contributed by atoms with van der Waals surface area (Å²) >= 11 is 0. The van der Waals surface area contributed by atoms with Gasteiger partial charge in [-0.3, -0.25) is 9.59 Å². The lowest BCUT2D eigenvalue weighted by Gasteiger charge is -2.32. The number of carbonyl (C=O) groups excluding carboxylic acids is 1. The highest BCUT2D eigenvalue weighted by Crippen LogP contribution is 2.24. The Labute approximate surface area is 82.4 Å². The number of nitrogens with one attached hydrogen (secondary N) is 1. The minimum Gasteiger partial charge on any atom is -0.480 e. The highest BCUT2D eigenvalue weighted by molar-refractivity contribution is 5.84. The minimum absolute atomic E-state index is 0.0461. The molecule has 1 fully saturated rings. The molecule has 3 atom stereocenters. The van der Waals surface area contributed by atoms with E-state index >= 15 is 0 Å². The molecular weight excluding hydrogens is 186 g/mol. The van der Waals surface area contributed by atoms with E-state index in [4.69, 9.17) is 5.11 Å². The average molecular weight is 201 g/mol. The second-order valence-electron chi connectivity index (χ2n) is 3.58. The Bertz CT molecular complexity index is 241. The van der Waals surface area contributed by atoms with Crippen LogP contribution in [0, 0.1) is 11.8 Å². The third kappa shape index (κ3) is 2.04. The van der Waals surface area contributed by atoms with E-state index in [1.807, 2.05) is 6.92 Å². The Morgan fingerprint density at radius 2 is 2.14 bits per heavy atom. The number of rotatable bonds is 2. The summed E-state index contributed by atoms with van der Waals surface area (Å²) in [5.74, 6) is -1.97. The zero-order valence-electron chi connectivity index (χ0n) is 8.32. The second kappa shape index (κ2) is 4.41. The third-order valence-electron chi connectivity index (χ3n) is 2.68. The first-order valence-electron chi connectivity index (χ1n) is 4.62. The molecule has 0 aliphatic carbocycles. The van der Waals surface area contributed by atoms with Crippen LogP contribution in [0.2, 0.25) is 0 Å². The zero-order valence-corrected chi connectivity index (χ0v) is 8.32. The maximum Gasteiger partial charge on any atom is 0.321 e. The molecule has 1 rings (SSSR count). The Balaban J connectivity index is 2.81. The Hall–Kier alpha value is -1.10. The van der Waals surface area contributed by atoms with Crippen molar-refractivity contribution in [3.05, 3.63) is 0 Å². The van der Waals surface area contributed by atoms with Crippen LogP contribution in [0.4, 0.5) is 0 Å². The molecule has 2 N–H and O–H groups in total. The largest absolute Gasteiger partial charge is 0.480 e. The molecule has 0 bridgehead atoms. The van der Waals surface area contributed by atoms with Crippen LogP contribution in [0.15, 0.2) is 0 Å². The highest BCUT2D eigenvalue weighted by atomic mass is 16.5. The lowest BCUT2D eigenvalue weighted by atomic mass is 9.82. The Morgan fingerprint density at radius 3 is 2.64 bits per heavy atom. The molecule has 1 aliphatic rings. The number of aliphatic carboxylic acids is 1. The van der Waals surface area contributed by atoms with Crippen LogP contribution in [0.5, 0.6) is 0 Å². The van der Waals surface area contributed by atoms with Gasteiger partial charge in [0.05, 0.1) is 13.0 Å². The van der Waals surface area contributed by atoms with Gasteiger partial charge in [-0.15, -0.1) is 0 Å². The van der Waals surface area contributed by atoms with Gasteiger partial charge < -0.3 is 15.2 Å². The predicted molar refractivity (Wildman–Crippen MR) is 48.7 cm³/mol. The van der Waals surface area contributed by atoms with Crippen LogP contribution in [0.3, 0.4) is 0 Å². The van der Waals surface area contributed by atoms with Crippen molar-refractivity contribution in [2.75, 3.05) is 13.7 Å². The third-order valence-corrected chi connectivity index (χ3v) is 2.68. The van der Waals surface area contributed by atoms with Crippen molar-refractivity contribution in [2.45, 2.75) is 19.4 Å². The molecule has 0 aromatic rings. The molecule has 5 nitrogen and oxygen atoms in total. The van der Waals surface area contributed by atoms with Gasteiger partial charge in [-0.05, 0) is 18.9 Å². The standard InChI is InChI=1S/C9H15NO4/c1-5-3-4-10-7(8(11)12)6(5)9(13)14-2/h5-7,10H,3-4H2,1-2H3,(H,11,12)/t5-,6-,7+/m0/s1. The molecule has 0 aromatic heterocycles. The van der Waals surface area contributed by atoms with Crippen LogP contribution in [-0.4, -0.2) is 36.7 Å². The number of carboxylic acid groups (broad SMARTS) is 1. The quantitative estimate of drug-likeness (QED) is 0.608. The number of methoxy groups -OCH3 is 1. The zero-order chi connectivity index (χ0) is 10.7. The van der Waals surface area contributed by atoms with E-state index in [9.17, 15) is 9.59 Å². The number of piperidine rings is 1. The van der Waals surface area contributed by atoms with Gasteiger partial charge in [-0.25, -0.2) is 0 Å². The Kier molecular flexibility index (Phi) is 3.46. The van der Waals surface area contributed by atoms with Gasteiger partial charge in [0.2, 0.25) is 0 Å². The topological polar surface area (TPSA) is 75.6 Å². The molecular formula is C9H15NO4. The predicted octanol–water partition coefficient (Wildman–Crippen LogP) is -0.142. The maximum absolute atomic E-state index is 11.4. The van der Waals surface area contributed by atoms with Gasteiger partial charge >= 0.3 is 11.9 Å². The summed E-state index contributed by atoms with van der Waals surface area (Å²) in [4.78, 5) is 22.2. The van der Waals surface area contributed by atoms with Gasteiger partial charge in [0, 0.05) is 0 Å². The van der Waals surface area contributed by atoms with Gasteiger partial charge in [0.15, 0.2) is 0 Å². The van der Waals surface area contributed by atoms with Crippen LogP contribution in [0.25, 0.3) is 0 Å². The fourth-order valence-corrected chi connectivity index (χ4v) is 1.85. The summed E-state index contributed by atoms with van der Waals surface area (Å²) in [6.45, 7) is 2.50. The average Bonchev–Trinajstić information content (AvgIpc) is 2.16. The molecule has 1 aliphatic heterocycles. The number of esters is 1. The summed E-state index contributed by atoms with van der Waals surface area (Å²) in [7, 11) is 1.28. The first kappa shape index (κ1) is 11.0. The molecule has 0 radical (unpaired) electrons. The van der Waals surface area contributed by atoms with E-state index < -0.39 is 23.9 Å². The molecule has 0 aromatic carbocycles. The van der Waals surface area contributed by atoms with E-state index in [0.29, 0.717) is 6.54 Å². The number of hydrogen-bond donors (Lipinski definition) is 2. The fourth-order valence-electron chi connectivity index (χ4n) is 1.85. The summed E-state index contributed by atoms with van der Waals surface area (Å²) in [6.07, 6.45) is 0.795. The molecule has 0 unspecified atom stereocenters. The molecule has 1 saturated heterocycles. The second-order valence-corrected chi connectivity index (χ2v) is 3.58. The SMILES string of the molecule is COC(=O)[C@H]1[C@@H](C)CCN[C@H]1C(=O)O. The van der Waals surface area contributed by atoms with Crippen LogP contribution < -0.4 is 5.32 Å². The molecule has 14 heavy (non-hydrogen) atoms. The lowest BCUT2D eigenvalue weighted by molar-refractivity contribution is -0.156. The molecule has 5 heteroatoms. The number of hydrogen-bond acceptors (Lipinski definition) is 4. The van der Waals surface area contributed by atoms with Gasteiger partial charge in [0.1, 0.15) is 6.04 Å². The summed E-state index contributed by atoms with van der Waals surface area (Å²) in [5.41, 5.74) is 0. The van der Waals surface area contributed by atoms with Crippen molar-refractivity contribution in [1.29, 1.82) is 0 Å². The Morgan fingerprint density at radius 1 is 1.50 bits per heavy atom.